The van der Waals surface area contributed by atoms with Crippen LogP contribution in [-0.4, -0.2) is 31.1 Å². The van der Waals surface area contributed by atoms with Crippen LogP contribution in [0.4, 0.5) is 0 Å². The summed E-state index contributed by atoms with van der Waals surface area (Å²) in [7, 11) is 3.12. The zero-order chi connectivity index (χ0) is 24.4. The minimum Gasteiger partial charge on any atom is -0.493 e. The quantitative estimate of drug-likeness (QED) is 0.246. The van der Waals surface area contributed by atoms with Crippen molar-refractivity contribution in [1.29, 1.82) is 0 Å². The van der Waals surface area contributed by atoms with Crippen LogP contribution < -0.4 is 9.47 Å². The van der Waals surface area contributed by atoms with E-state index in [4.69, 9.17) is 19.2 Å². The van der Waals surface area contributed by atoms with Gasteiger partial charge < -0.3 is 14.2 Å². The van der Waals surface area contributed by atoms with Crippen LogP contribution in [0.5, 0.6) is 11.5 Å². The summed E-state index contributed by atoms with van der Waals surface area (Å²) < 4.78 is 16.1. The monoisotopic (exact) mass is 482 g/mol. The first-order chi connectivity index (χ1) is 17.0. The van der Waals surface area contributed by atoms with E-state index in [9.17, 15) is 4.79 Å². The Bertz CT molecular complexity index is 1500. The summed E-state index contributed by atoms with van der Waals surface area (Å²) in [5, 5.41) is 1.77. The highest BCUT2D eigenvalue weighted by molar-refractivity contribution is 7.99. The predicted octanol–water partition coefficient (Wildman–Crippen LogP) is 6.06. The topological polar surface area (TPSA) is 70.0 Å². The highest BCUT2D eigenvalue weighted by atomic mass is 32.2. The largest absolute Gasteiger partial charge is 0.493 e. The number of ether oxygens (including phenoxy) is 3. The third kappa shape index (κ3) is 4.76. The van der Waals surface area contributed by atoms with Gasteiger partial charge >= 0.3 is 5.97 Å². The Labute approximate surface area is 207 Å². The molecule has 3 aromatic carbocycles. The first-order valence-electron chi connectivity index (χ1n) is 10.9. The zero-order valence-electron chi connectivity index (χ0n) is 19.4. The fourth-order valence-electron chi connectivity index (χ4n) is 3.73. The first kappa shape index (κ1) is 22.7. The molecule has 0 N–H and O–H groups in total. The molecule has 35 heavy (non-hydrogen) atoms. The first-order valence-corrected chi connectivity index (χ1v) is 11.7. The molecule has 5 rings (SSSR count). The lowest BCUT2D eigenvalue weighted by molar-refractivity contribution is -0.129. The van der Waals surface area contributed by atoms with Gasteiger partial charge in [0.2, 0.25) is 5.90 Å². The number of carbonyl (C=O) groups is 1. The molecule has 6 nitrogen and oxygen atoms in total. The maximum Gasteiger partial charge on any atom is 0.363 e. The van der Waals surface area contributed by atoms with Gasteiger partial charge in [-0.1, -0.05) is 41.6 Å². The van der Waals surface area contributed by atoms with Gasteiger partial charge in [0.15, 0.2) is 17.2 Å². The van der Waals surface area contributed by atoms with Crippen LogP contribution >= 0.6 is 11.8 Å². The molecule has 1 aromatic heterocycles. The summed E-state index contributed by atoms with van der Waals surface area (Å²) in [6, 6.07) is 23.4. The maximum atomic E-state index is 12.7. The number of pyridine rings is 1. The number of rotatable bonds is 6. The molecule has 0 radical (unpaired) electrons. The maximum absolute atomic E-state index is 12.7. The molecule has 0 saturated heterocycles. The van der Waals surface area contributed by atoms with Crippen LogP contribution in [0.3, 0.4) is 0 Å². The number of carbonyl (C=O) groups excluding carboxylic acids is 1. The van der Waals surface area contributed by atoms with Gasteiger partial charge in [-0.15, -0.1) is 0 Å². The Balaban J connectivity index is 1.58. The van der Waals surface area contributed by atoms with E-state index in [-0.39, 0.29) is 11.6 Å². The lowest BCUT2D eigenvalue weighted by Gasteiger charge is -2.08. The number of esters is 1. The second kappa shape index (κ2) is 9.64. The fraction of sp³-hybridized carbons (Fsp3) is 0.107. The van der Waals surface area contributed by atoms with E-state index >= 15 is 0 Å². The molecule has 174 valence electrons. The SMILES string of the molecule is COc1ccc(C2=NC(=Cc3cc4cc(C)ccc4nc3Sc3ccccc3)C(=O)O2)cc1OC. The number of aliphatic imine (C=N–C) groups is 1. The van der Waals surface area contributed by atoms with E-state index in [0.717, 1.165) is 32.0 Å². The van der Waals surface area contributed by atoms with Crippen LogP contribution in [0.25, 0.3) is 17.0 Å². The number of fused-ring (bicyclic) bond motifs is 1. The van der Waals surface area contributed by atoms with Crippen molar-refractivity contribution < 1.29 is 19.0 Å². The van der Waals surface area contributed by atoms with Crippen molar-refractivity contribution in [3.05, 3.63) is 95.2 Å². The second-order valence-electron chi connectivity index (χ2n) is 7.90. The van der Waals surface area contributed by atoms with Crippen molar-refractivity contribution in [3.8, 4) is 11.5 Å². The molecule has 0 aliphatic carbocycles. The molecule has 2 heterocycles. The van der Waals surface area contributed by atoms with Gasteiger partial charge in [0.1, 0.15) is 5.03 Å². The third-order valence-electron chi connectivity index (χ3n) is 5.46. The van der Waals surface area contributed by atoms with E-state index < -0.39 is 5.97 Å². The Kier molecular flexibility index (Phi) is 6.25. The Morgan fingerprint density at radius 3 is 2.49 bits per heavy atom. The standard InChI is InChI=1S/C28H22N2O4S/c1-17-9-11-22-19(13-17)14-20(27(30-22)35-21-7-5-4-6-8-21)15-23-28(31)34-26(29-23)18-10-12-24(32-2)25(16-18)33-3/h4-16H,1-3H3. The van der Waals surface area contributed by atoms with Crippen molar-refractivity contribution >= 4 is 40.6 Å². The molecule has 1 aliphatic rings. The molecular formula is C28H22N2O4S. The molecule has 0 bridgehead atoms. The van der Waals surface area contributed by atoms with Crippen LogP contribution in [0.15, 0.2) is 93.4 Å². The van der Waals surface area contributed by atoms with Gasteiger partial charge in [-0.2, -0.15) is 0 Å². The van der Waals surface area contributed by atoms with Crippen molar-refractivity contribution in [2.45, 2.75) is 16.8 Å². The third-order valence-corrected chi connectivity index (χ3v) is 6.49. The molecule has 0 spiro atoms. The summed E-state index contributed by atoms with van der Waals surface area (Å²) in [4.78, 5) is 23.2. The summed E-state index contributed by atoms with van der Waals surface area (Å²) >= 11 is 1.54. The van der Waals surface area contributed by atoms with E-state index in [1.54, 1.807) is 38.5 Å². The van der Waals surface area contributed by atoms with Gasteiger partial charge in [-0.25, -0.2) is 14.8 Å². The van der Waals surface area contributed by atoms with Crippen molar-refractivity contribution in [1.82, 2.24) is 4.98 Å². The minimum absolute atomic E-state index is 0.207. The smallest absolute Gasteiger partial charge is 0.363 e. The molecule has 0 atom stereocenters. The number of aryl methyl sites for hydroxylation is 1. The number of nitrogens with zero attached hydrogens (tertiary/aromatic N) is 2. The van der Waals surface area contributed by atoms with Gasteiger partial charge in [0, 0.05) is 21.4 Å². The Morgan fingerprint density at radius 1 is 0.914 bits per heavy atom. The van der Waals surface area contributed by atoms with E-state index in [1.165, 1.54) is 11.8 Å². The fourth-order valence-corrected chi connectivity index (χ4v) is 4.63. The van der Waals surface area contributed by atoms with Crippen molar-refractivity contribution in [2.24, 2.45) is 4.99 Å². The van der Waals surface area contributed by atoms with Crippen molar-refractivity contribution in [3.63, 3.8) is 0 Å². The number of methoxy groups -OCH3 is 2. The van der Waals surface area contributed by atoms with E-state index in [2.05, 4.69) is 11.1 Å². The van der Waals surface area contributed by atoms with Crippen LogP contribution in [-0.2, 0) is 9.53 Å². The normalized spacial score (nSPS) is 14.2. The summed E-state index contributed by atoms with van der Waals surface area (Å²) in [5.74, 6) is 0.799. The van der Waals surface area contributed by atoms with E-state index in [0.29, 0.717) is 17.1 Å². The van der Waals surface area contributed by atoms with E-state index in [1.807, 2.05) is 55.5 Å². The summed E-state index contributed by atoms with van der Waals surface area (Å²) in [6.45, 7) is 2.04. The van der Waals surface area contributed by atoms with Gasteiger partial charge in [-0.3, -0.25) is 0 Å². The molecular weight excluding hydrogens is 460 g/mol. The highest BCUT2D eigenvalue weighted by Crippen LogP contribution is 2.34. The average molecular weight is 483 g/mol. The number of hydrogen-bond donors (Lipinski definition) is 0. The summed E-state index contributed by atoms with van der Waals surface area (Å²) in [6.07, 6.45) is 1.73. The molecule has 0 fully saturated rings. The Hall–Kier alpha value is -4.10. The summed E-state index contributed by atoms with van der Waals surface area (Å²) in [5.41, 5.74) is 3.64. The Morgan fingerprint density at radius 2 is 1.71 bits per heavy atom. The number of cyclic esters (lactones) is 1. The van der Waals surface area contributed by atoms with Gasteiger partial charge in [0.05, 0.1) is 19.7 Å². The van der Waals surface area contributed by atoms with Crippen LogP contribution in [0, 0.1) is 6.92 Å². The minimum atomic E-state index is -0.519. The van der Waals surface area contributed by atoms with Gasteiger partial charge in [-0.05, 0) is 61.5 Å². The number of benzene rings is 3. The van der Waals surface area contributed by atoms with Crippen molar-refractivity contribution in [2.75, 3.05) is 14.2 Å². The second-order valence-corrected chi connectivity index (χ2v) is 8.96. The lowest BCUT2D eigenvalue weighted by Crippen LogP contribution is -2.06. The number of aromatic nitrogens is 1. The predicted molar refractivity (Wildman–Crippen MR) is 137 cm³/mol. The molecule has 0 unspecified atom stereocenters. The number of hydrogen-bond acceptors (Lipinski definition) is 7. The van der Waals surface area contributed by atoms with Crippen LogP contribution in [0.2, 0.25) is 0 Å². The zero-order valence-corrected chi connectivity index (χ0v) is 20.3. The average Bonchev–Trinajstić information content (AvgIpc) is 3.24. The molecule has 1 aliphatic heterocycles. The molecule has 7 heteroatoms. The van der Waals surface area contributed by atoms with Crippen LogP contribution in [0.1, 0.15) is 16.7 Å². The highest BCUT2D eigenvalue weighted by Gasteiger charge is 2.25. The molecule has 0 amide bonds. The molecule has 4 aromatic rings. The van der Waals surface area contributed by atoms with Gasteiger partial charge in [0.25, 0.3) is 0 Å². The molecule has 0 saturated carbocycles. The lowest BCUT2D eigenvalue weighted by atomic mass is 10.1.